The fourth-order valence-electron chi connectivity index (χ4n) is 2.81. The summed E-state index contributed by atoms with van der Waals surface area (Å²) in [5.41, 5.74) is 1.32. The quantitative estimate of drug-likeness (QED) is 0.672. The first-order valence-corrected chi connectivity index (χ1v) is 8.86. The molecule has 0 spiro atoms. The van der Waals surface area contributed by atoms with Crippen molar-refractivity contribution in [2.45, 2.75) is 32.8 Å². The summed E-state index contributed by atoms with van der Waals surface area (Å²) in [5, 5.41) is 0.494. The number of ether oxygens (including phenoxy) is 2. The first-order valence-electron chi connectivity index (χ1n) is 8.86. The molecular weight excluding hydrogens is 344 g/mol. The summed E-state index contributed by atoms with van der Waals surface area (Å²) in [6.45, 7) is 5.56. The minimum Gasteiger partial charge on any atom is -0.482 e. The normalized spacial score (nSPS) is 12.1. The number of para-hydroxylation sites is 2. The number of hydrogen-bond acceptors (Lipinski definition) is 5. The van der Waals surface area contributed by atoms with Crippen molar-refractivity contribution in [1.82, 2.24) is 9.97 Å². The number of rotatable bonds is 6. The Morgan fingerprint density at radius 3 is 2.56 bits per heavy atom. The van der Waals surface area contributed by atoms with Crippen LogP contribution < -0.4 is 10.3 Å². The molecule has 0 aliphatic rings. The molecule has 0 amide bonds. The lowest BCUT2D eigenvalue weighted by Crippen LogP contribution is -2.21. The molecule has 0 aliphatic carbocycles. The molecule has 140 valence electrons. The van der Waals surface area contributed by atoms with E-state index in [0.29, 0.717) is 22.5 Å². The number of esters is 1. The zero-order valence-electron chi connectivity index (χ0n) is 15.6. The molecule has 1 aromatic heterocycles. The first-order chi connectivity index (χ1) is 13.0. The summed E-state index contributed by atoms with van der Waals surface area (Å²) >= 11 is 0. The largest absolute Gasteiger partial charge is 0.482 e. The Labute approximate surface area is 157 Å². The molecule has 0 bridgehead atoms. The third-order valence-electron chi connectivity index (χ3n) is 4.21. The molecule has 2 aromatic carbocycles. The van der Waals surface area contributed by atoms with Crippen molar-refractivity contribution in [3.05, 3.63) is 70.3 Å². The van der Waals surface area contributed by atoms with Gasteiger partial charge in [0.15, 0.2) is 18.5 Å². The van der Waals surface area contributed by atoms with Gasteiger partial charge in [-0.3, -0.25) is 4.79 Å². The maximum absolute atomic E-state index is 12.2. The molecule has 1 heterocycles. The zero-order valence-corrected chi connectivity index (χ0v) is 15.6. The number of carbonyl (C=O) groups excluding carboxylic acids is 1. The van der Waals surface area contributed by atoms with Crippen molar-refractivity contribution in [3.63, 3.8) is 0 Å². The lowest BCUT2D eigenvalue weighted by atomic mass is 10.0. The second kappa shape index (κ2) is 8.03. The van der Waals surface area contributed by atoms with Crippen molar-refractivity contribution >= 4 is 16.9 Å². The average molecular weight is 366 g/mol. The Morgan fingerprint density at radius 2 is 1.78 bits per heavy atom. The summed E-state index contributed by atoms with van der Waals surface area (Å²) in [5.74, 6) is 0.712. The summed E-state index contributed by atoms with van der Waals surface area (Å²) in [4.78, 5) is 31.3. The Morgan fingerprint density at radius 1 is 1.07 bits per heavy atom. The van der Waals surface area contributed by atoms with E-state index >= 15 is 0 Å². The van der Waals surface area contributed by atoms with E-state index in [1.165, 1.54) is 0 Å². The number of carbonyl (C=O) groups is 1. The van der Waals surface area contributed by atoms with Crippen LogP contribution in [0.25, 0.3) is 10.9 Å². The van der Waals surface area contributed by atoms with Crippen molar-refractivity contribution in [2.75, 3.05) is 6.61 Å². The van der Waals surface area contributed by atoms with Crippen molar-refractivity contribution < 1.29 is 14.3 Å². The molecule has 0 aliphatic heterocycles. The molecule has 1 atom stereocenters. The molecule has 0 radical (unpaired) electrons. The van der Waals surface area contributed by atoms with E-state index in [0.717, 1.165) is 5.56 Å². The zero-order chi connectivity index (χ0) is 19.4. The summed E-state index contributed by atoms with van der Waals surface area (Å²) in [6, 6.07) is 14.6. The summed E-state index contributed by atoms with van der Waals surface area (Å²) in [7, 11) is 0. The lowest BCUT2D eigenvalue weighted by molar-refractivity contribution is -0.151. The molecule has 0 saturated carbocycles. The second-order valence-electron chi connectivity index (χ2n) is 6.58. The van der Waals surface area contributed by atoms with E-state index in [1.54, 1.807) is 31.2 Å². The maximum Gasteiger partial charge on any atom is 0.344 e. The van der Waals surface area contributed by atoms with E-state index in [1.807, 2.05) is 24.3 Å². The van der Waals surface area contributed by atoms with Gasteiger partial charge in [-0.1, -0.05) is 44.2 Å². The lowest BCUT2D eigenvalue weighted by Gasteiger charge is -2.15. The van der Waals surface area contributed by atoms with Crippen LogP contribution in [0.2, 0.25) is 0 Å². The molecule has 1 N–H and O–H groups in total. The average Bonchev–Trinajstić information content (AvgIpc) is 2.66. The molecule has 27 heavy (non-hydrogen) atoms. The molecule has 6 nitrogen and oxygen atoms in total. The van der Waals surface area contributed by atoms with E-state index < -0.39 is 12.1 Å². The van der Waals surface area contributed by atoms with Gasteiger partial charge in [-0.25, -0.2) is 9.78 Å². The second-order valence-corrected chi connectivity index (χ2v) is 6.58. The van der Waals surface area contributed by atoms with Crippen LogP contribution in [-0.2, 0) is 9.53 Å². The molecular formula is C21H22N2O4. The number of benzene rings is 2. The van der Waals surface area contributed by atoms with E-state index in [2.05, 4.69) is 23.8 Å². The van der Waals surface area contributed by atoms with Crippen LogP contribution in [0.15, 0.2) is 53.3 Å². The van der Waals surface area contributed by atoms with Gasteiger partial charge in [-0.15, -0.1) is 0 Å². The monoisotopic (exact) mass is 366 g/mol. The molecule has 0 fully saturated rings. The smallest absolute Gasteiger partial charge is 0.344 e. The number of nitrogens with zero attached hydrogens (tertiary/aromatic N) is 1. The van der Waals surface area contributed by atoms with Crippen molar-refractivity contribution in [1.29, 1.82) is 0 Å². The maximum atomic E-state index is 12.2. The van der Waals surface area contributed by atoms with Gasteiger partial charge in [-0.2, -0.15) is 0 Å². The van der Waals surface area contributed by atoms with Crippen LogP contribution in [0.3, 0.4) is 0 Å². The van der Waals surface area contributed by atoms with Crippen LogP contribution in [0, 0.1) is 0 Å². The highest BCUT2D eigenvalue weighted by Crippen LogP contribution is 2.26. The third-order valence-corrected chi connectivity index (χ3v) is 4.21. The van der Waals surface area contributed by atoms with Gasteiger partial charge >= 0.3 is 5.97 Å². The Kier molecular flexibility index (Phi) is 5.54. The van der Waals surface area contributed by atoms with Crippen molar-refractivity contribution in [3.8, 4) is 5.75 Å². The van der Waals surface area contributed by atoms with Crippen LogP contribution >= 0.6 is 0 Å². The molecule has 6 heteroatoms. The highest BCUT2D eigenvalue weighted by molar-refractivity contribution is 5.77. The number of nitrogens with one attached hydrogen (secondary N) is 1. The van der Waals surface area contributed by atoms with Gasteiger partial charge in [0.05, 0.1) is 10.9 Å². The Bertz CT molecular complexity index is 1010. The first kappa shape index (κ1) is 18.6. The number of hydrogen-bond donors (Lipinski definition) is 1. The van der Waals surface area contributed by atoms with Crippen LogP contribution in [0.4, 0.5) is 0 Å². The highest BCUT2D eigenvalue weighted by Gasteiger charge is 2.17. The van der Waals surface area contributed by atoms with Crippen molar-refractivity contribution in [2.24, 2.45) is 0 Å². The predicted molar refractivity (Wildman–Crippen MR) is 103 cm³/mol. The van der Waals surface area contributed by atoms with Crippen LogP contribution in [0.5, 0.6) is 5.75 Å². The minimum absolute atomic E-state index is 0.216. The molecule has 0 saturated heterocycles. The number of fused-ring (bicyclic) bond motifs is 1. The molecule has 3 aromatic rings. The fraction of sp³-hybridized carbons (Fsp3) is 0.286. The summed E-state index contributed by atoms with van der Waals surface area (Å²) in [6.07, 6.45) is -0.696. The van der Waals surface area contributed by atoms with Gasteiger partial charge < -0.3 is 14.5 Å². The van der Waals surface area contributed by atoms with Crippen LogP contribution in [0.1, 0.15) is 44.2 Å². The summed E-state index contributed by atoms with van der Waals surface area (Å²) < 4.78 is 11.0. The molecule has 0 unspecified atom stereocenters. The topological polar surface area (TPSA) is 81.3 Å². The highest BCUT2D eigenvalue weighted by atomic mass is 16.6. The number of H-pyrrole nitrogens is 1. The van der Waals surface area contributed by atoms with Gasteiger partial charge in [0.1, 0.15) is 5.75 Å². The van der Waals surface area contributed by atoms with E-state index in [9.17, 15) is 9.59 Å². The predicted octanol–water partition coefficient (Wildman–Crippen LogP) is 3.73. The number of aromatic amines is 1. The van der Waals surface area contributed by atoms with Gasteiger partial charge in [0.25, 0.3) is 5.56 Å². The van der Waals surface area contributed by atoms with Gasteiger partial charge in [-0.05, 0) is 36.6 Å². The third kappa shape index (κ3) is 4.34. The standard InChI is InChI=1S/C21H22N2O4/c1-13(2)15-8-5-7-11-18(15)26-12-19(24)27-14(3)20-22-17-10-6-4-9-16(17)21(25)23-20/h4-11,13-14H,12H2,1-3H3,(H,22,23,25)/t14-/m0/s1. The van der Waals surface area contributed by atoms with Crippen LogP contribution in [-0.4, -0.2) is 22.5 Å². The molecule has 3 rings (SSSR count). The van der Waals surface area contributed by atoms with E-state index in [4.69, 9.17) is 9.47 Å². The Hall–Kier alpha value is -3.15. The number of aromatic nitrogens is 2. The fourth-order valence-corrected chi connectivity index (χ4v) is 2.81. The Balaban J connectivity index is 1.67. The minimum atomic E-state index is -0.696. The van der Waals surface area contributed by atoms with E-state index in [-0.39, 0.29) is 18.1 Å². The van der Waals surface area contributed by atoms with Gasteiger partial charge in [0.2, 0.25) is 0 Å². The SMILES string of the molecule is CC(C)c1ccccc1OCC(=O)O[C@@H](C)c1nc2ccccc2c(=O)[nH]1. The van der Waals surface area contributed by atoms with Gasteiger partial charge in [0, 0.05) is 0 Å².